The zero-order chi connectivity index (χ0) is 15.4. The highest BCUT2D eigenvalue weighted by Crippen LogP contribution is 2.27. The lowest BCUT2D eigenvalue weighted by molar-refractivity contribution is -0.120. The molecule has 1 fully saturated rings. The van der Waals surface area contributed by atoms with Crippen LogP contribution in [0.1, 0.15) is 18.7 Å². The average Bonchev–Trinajstić information content (AvgIpc) is 3.22. The summed E-state index contributed by atoms with van der Waals surface area (Å²) in [5.41, 5.74) is 0.933. The van der Waals surface area contributed by atoms with E-state index in [0.717, 1.165) is 22.5 Å². The van der Waals surface area contributed by atoms with Crippen LogP contribution in [0.2, 0.25) is 0 Å². The monoisotopic (exact) mass is 399 g/mol. The smallest absolute Gasteiger partial charge is 0.234 e. The molecule has 0 spiro atoms. The number of hydrogen-bond acceptors (Lipinski definition) is 4. The number of aromatic amines is 1. The highest BCUT2D eigenvalue weighted by Gasteiger charge is 2.20. The maximum Gasteiger partial charge on any atom is 0.234 e. The van der Waals surface area contributed by atoms with E-state index >= 15 is 0 Å². The summed E-state index contributed by atoms with van der Waals surface area (Å²) < 4.78 is 1.01. The van der Waals surface area contributed by atoms with Crippen LogP contribution in [0.15, 0.2) is 28.7 Å². The van der Waals surface area contributed by atoms with Crippen LogP contribution in [0, 0.1) is 5.92 Å². The van der Waals surface area contributed by atoms with Gasteiger partial charge in [-0.2, -0.15) is 5.10 Å². The molecule has 3 rings (SSSR count). The molecule has 8 heteroatoms. The number of carbonyl (C=O) groups is 1. The minimum Gasteiger partial charge on any atom is -0.348 e. The van der Waals surface area contributed by atoms with E-state index < -0.39 is 0 Å². The third-order valence-corrected chi connectivity index (χ3v) is 4.03. The summed E-state index contributed by atoms with van der Waals surface area (Å²) in [4.78, 5) is 16.1. The molecule has 1 aromatic heterocycles. The molecule has 0 atom stereocenters. The Balaban J connectivity index is 0.00000192. The Kier molecular flexibility index (Phi) is 6.56. The minimum absolute atomic E-state index is 0. The van der Waals surface area contributed by atoms with Crippen molar-refractivity contribution in [1.82, 2.24) is 25.8 Å². The molecular formula is C15H19BrClN5O. The Hall–Kier alpha value is -1.44. The second kappa shape index (κ2) is 8.42. The van der Waals surface area contributed by atoms with E-state index in [9.17, 15) is 4.79 Å². The summed E-state index contributed by atoms with van der Waals surface area (Å²) in [6.07, 6.45) is 2.57. The number of amides is 1. The summed E-state index contributed by atoms with van der Waals surface area (Å²) in [7, 11) is 0. The third kappa shape index (κ3) is 5.60. The Morgan fingerprint density at radius 3 is 2.74 bits per heavy atom. The topological polar surface area (TPSA) is 82.7 Å². The molecule has 1 aromatic carbocycles. The fourth-order valence-corrected chi connectivity index (χ4v) is 2.32. The van der Waals surface area contributed by atoms with Crippen molar-refractivity contribution in [2.45, 2.75) is 19.4 Å². The van der Waals surface area contributed by atoms with Crippen LogP contribution in [-0.4, -0.2) is 34.2 Å². The van der Waals surface area contributed by atoms with E-state index in [1.807, 2.05) is 24.3 Å². The number of nitrogens with zero attached hydrogens (tertiary/aromatic N) is 2. The van der Waals surface area contributed by atoms with Crippen LogP contribution < -0.4 is 10.6 Å². The van der Waals surface area contributed by atoms with Gasteiger partial charge in [0.1, 0.15) is 5.82 Å². The molecule has 0 unspecified atom stereocenters. The van der Waals surface area contributed by atoms with Gasteiger partial charge < -0.3 is 10.6 Å². The van der Waals surface area contributed by atoms with Crippen LogP contribution in [0.3, 0.4) is 0 Å². The van der Waals surface area contributed by atoms with Gasteiger partial charge >= 0.3 is 0 Å². The van der Waals surface area contributed by atoms with E-state index in [0.29, 0.717) is 24.7 Å². The summed E-state index contributed by atoms with van der Waals surface area (Å²) in [6, 6.07) is 7.77. The van der Waals surface area contributed by atoms with Crippen molar-refractivity contribution in [3.05, 3.63) is 34.6 Å². The van der Waals surface area contributed by atoms with Gasteiger partial charge in [-0.3, -0.25) is 9.89 Å². The molecule has 1 aliphatic carbocycles. The van der Waals surface area contributed by atoms with Crippen LogP contribution in [-0.2, 0) is 11.3 Å². The van der Waals surface area contributed by atoms with Crippen molar-refractivity contribution in [1.29, 1.82) is 0 Å². The van der Waals surface area contributed by atoms with Crippen LogP contribution in [0.25, 0.3) is 11.4 Å². The van der Waals surface area contributed by atoms with E-state index in [4.69, 9.17) is 0 Å². The molecule has 0 aliphatic heterocycles. The second-order valence-corrected chi connectivity index (χ2v) is 6.38. The first kappa shape index (κ1) is 17.9. The number of halogens is 2. The van der Waals surface area contributed by atoms with Gasteiger partial charge in [-0.25, -0.2) is 4.98 Å². The molecule has 1 aliphatic rings. The molecule has 124 valence electrons. The third-order valence-electron chi connectivity index (χ3n) is 3.50. The zero-order valence-electron chi connectivity index (χ0n) is 12.5. The fourth-order valence-electron chi connectivity index (χ4n) is 2.06. The van der Waals surface area contributed by atoms with Gasteiger partial charge in [0.05, 0.1) is 13.1 Å². The molecule has 1 amide bonds. The van der Waals surface area contributed by atoms with Gasteiger partial charge in [-0.15, -0.1) is 12.4 Å². The number of nitrogens with one attached hydrogen (secondary N) is 3. The zero-order valence-corrected chi connectivity index (χ0v) is 14.9. The molecule has 0 saturated heterocycles. The van der Waals surface area contributed by atoms with Crippen molar-refractivity contribution in [3.8, 4) is 11.4 Å². The van der Waals surface area contributed by atoms with Gasteiger partial charge in [0, 0.05) is 10.0 Å². The molecule has 23 heavy (non-hydrogen) atoms. The van der Waals surface area contributed by atoms with Crippen LogP contribution in [0.5, 0.6) is 0 Å². The molecule has 0 bridgehead atoms. The quantitative estimate of drug-likeness (QED) is 0.666. The lowest BCUT2D eigenvalue weighted by Gasteiger charge is -2.04. The summed E-state index contributed by atoms with van der Waals surface area (Å²) in [5.74, 6) is 2.02. The summed E-state index contributed by atoms with van der Waals surface area (Å²) in [6.45, 7) is 1.64. The molecule has 1 heterocycles. The van der Waals surface area contributed by atoms with E-state index in [-0.39, 0.29) is 18.3 Å². The number of carbonyl (C=O) groups excluding carboxylic acids is 1. The lowest BCUT2D eigenvalue weighted by Crippen LogP contribution is -2.34. The number of rotatable bonds is 7. The number of aromatic nitrogens is 3. The highest BCUT2D eigenvalue weighted by atomic mass is 79.9. The predicted molar refractivity (Wildman–Crippen MR) is 94.2 cm³/mol. The lowest BCUT2D eigenvalue weighted by atomic mass is 10.2. The first-order valence-electron chi connectivity index (χ1n) is 7.35. The highest BCUT2D eigenvalue weighted by molar-refractivity contribution is 9.10. The van der Waals surface area contributed by atoms with Gasteiger partial charge in [-0.1, -0.05) is 28.1 Å². The first-order valence-corrected chi connectivity index (χ1v) is 8.14. The van der Waals surface area contributed by atoms with Crippen molar-refractivity contribution in [2.24, 2.45) is 5.92 Å². The summed E-state index contributed by atoms with van der Waals surface area (Å²) in [5, 5.41) is 13.0. The van der Waals surface area contributed by atoms with Gasteiger partial charge in [-0.05, 0) is 37.4 Å². The number of benzene rings is 1. The predicted octanol–water partition coefficient (Wildman–Crippen LogP) is 2.27. The Bertz CT molecular complexity index is 642. The van der Waals surface area contributed by atoms with Gasteiger partial charge in [0.2, 0.25) is 5.91 Å². The van der Waals surface area contributed by atoms with Crippen molar-refractivity contribution in [2.75, 3.05) is 13.1 Å². The fraction of sp³-hybridized carbons (Fsp3) is 0.400. The SMILES string of the molecule is Cl.O=C(CNCC1CC1)NCc1nc(-c2ccc(Br)cc2)n[nH]1. The minimum atomic E-state index is -0.0257. The molecule has 2 aromatic rings. The van der Waals surface area contributed by atoms with E-state index in [1.54, 1.807) is 0 Å². The van der Waals surface area contributed by atoms with Crippen molar-refractivity contribution < 1.29 is 4.79 Å². The largest absolute Gasteiger partial charge is 0.348 e. The second-order valence-electron chi connectivity index (χ2n) is 5.46. The number of H-pyrrole nitrogens is 1. The Morgan fingerprint density at radius 2 is 2.04 bits per heavy atom. The molecule has 1 saturated carbocycles. The standard InChI is InChI=1S/C15H18BrN5O.ClH/c16-12-5-3-11(4-6-12)15-19-13(20-21-15)8-18-14(22)9-17-7-10-1-2-10;/h3-6,10,17H,1-2,7-9H2,(H,18,22)(H,19,20,21);1H. The maximum atomic E-state index is 11.7. The normalized spacial score (nSPS) is 13.4. The number of hydrogen-bond donors (Lipinski definition) is 3. The van der Waals surface area contributed by atoms with E-state index in [2.05, 4.69) is 41.7 Å². The van der Waals surface area contributed by atoms with Crippen molar-refractivity contribution >= 4 is 34.2 Å². The Labute approximate surface area is 149 Å². The maximum absolute atomic E-state index is 11.7. The van der Waals surface area contributed by atoms with E-state index in [1.165, 1.54) is 12.8 Å². The average molecular weight is 401 g/mol. The van der Waals surface area contributed by atoms with Crippen LogP contribution in [0.4, 0.5) is 0 Å². The van der Waals surface area contributed by atoms with Crippen LogP contribution >= 0.6 is 28.3 Å². The molecule has 0 radical (unpaired) electrons. The van der Waals surface area contributed by atoms with Crippen molar-refractivity contribution in [3.63, 3.8) is 0 Å². The summed E-state index contributed by atoms with van der Waals surface area (Å²) >= 11 is 3.40. The molecule has 6 nitrogen and oxygen atoms in total. The van der Waals surface area contributed by atoms with Gasteiger partial charge in [0.25, 0.3) is 0 Å². The molecule has 3 N–H and O–H groups in total. The van der Waals surface area contributed by atoms with Gasteiger partial charge in [0.15, 0.2) is 5.82 Å². The molecular weight excluding hydrogens is 382 g/mol. The first-order chi connectivity index (χ1) is 10.7. The Morgan fingerprint density at radius 1 is 1.30 bits per heavy atom.